The van der Waals surface area contributed by atoms with E-state index < -0.39 is 13.2 Å². The summed E-state index contributed by atoms with van der Waals surface area (Å²) in [6.45, 7) is 4.40. The number of carbonyl (C=O) groups excluding carboxylic acids is 1. The molecule has 0 radical (unpaired) electrons. The topological polar surface area (TPSA) is 65.0 Å². The number of esters is 1. The lowest BCUT2D eigenvalue weighted by Crippen LogP contribution is -2.28. The molecule has 0 saturated carbocycles. The second-order valence-electron chi connectivity index (χ2n) is 6.03. The van der Waals surface area contributed by atoms with Crippen LogP contribution in [-0.2, 0) is 20.8 Å². The van der Waals surface area contributed by atoms with Crippen molar-refractivity contribution in [3.05, 3.63) is 59.2 Å². The monoisotopic (exact) mass is 340 g/mol. The SMILES string of the molecule is CCOC(=O)CC1OB(O)c2cc(C)cc(OCc3ccccc3)c21. The van der Waals surface area contributed by atoms with Crippen LogP contribution in [-0.4, -0.2) is 24.7 Å². The quantitative estimate of drug-likeness (QED) is 0.646. The van der Waals surface area contributed by atoms with Crippen molar-refractivity contribution >= 4 is 18.6 Å². The van der Waals surface area contributed by atoms with Gasteiger partial charge in [-0.25, -0.2) is 0 Å². The molecule has 130 valence electrons. The van der Waals surface area contributed by atoms with Gasteiger partial charge in [0.15, 0.2) is 0 Å². The summed E-state index contributed by atoms with van der Waals surface area (Å²) in [6.07, 6.45) is -0.529. The molecule has 1 aliphatic rings. The number of benzene rings is 2. The normalized spacial score (nSPS) is 15.8. The third-order valence-corrected chi connectivity index (χ3v) is 4.09. The highest BCUT2D eigenvalue weighted by Gasteiger charge is 2.39. The van der Waals surface area contributed by atoms with E-state index in [9.17, 15) is 9.82 Å². The van der Waals surface area contributed by atoms with Gasteiger partial charge in [-0.05, 0) is 36.5 Å². The van der Waals surface area contributed by atoms with Crippen molar-refractivity contribution in [3.8, 4) is 5.75 Å². The summed E-state index contributed by atoms with van der Waals surface area (Å²) in [5, 5.41) is 10.2. The van der Waals surface area contributed by atoms with E-state index in [0.717, 1.165) is 16.7 Å². The minimum atomic E-state index is -1.06. The third-order valence-electron chi connectivity index (χ3n) is 4.09. The number of hydrogen-bond donors (Lipinski definition) is 1. The number of hydrogen-bond acceptors (Lipinski definition) is 5. The predicted molar refractivity (Wildman–Crippen MR) is 94.6 cm³/mol. The van der Waals surface area contributed by atoms with Crippen molar-refractivity contribution in [2.75, 3.05) is 6.61 Å². The van der Waals surface area contributed by atoms with Crippen LogP contribution in [0, 0.1) is 6.92 Å². The number of aryl methyl sites for hydroxylation is 1. The molecule has 3 rings (SSSR count). The number of fused-ring (bicyclic) bond motifs is 1. The van der Waals surface area contributed by atoms with Gasteiger partial charge in [-0.15, -0.1) is 0 Å². The van der Waals surface area contributed by atoms with Gasteiger partial charge in [0.1, 0.15) is 12.4 Å². The van der Waals surface area contributed by atoms with E-state index in [0.29, 0.717) is 24.4 Å². The zero-order valence-electron chi connectivity index (χ0n) is 14.4. The predicted octanol–water partition coefficient (Wildman–Crippen LogP) is 2.29. The molecule has 0 saturated heterocycles. The smallest absolute Gasteiger partial charge is 0.489 e. The molecule has 2 aromatic carbocycles. The zero-order valence-corrected chi connectivity index (χ0v) is 14.4. The molecule has 6 heteroatoms. The largest absolute Gasteiger partial charge is 0.492 e. The van der Waals surface area contributed by atoms with Crippen LogP contribution < -0.4 is 10.2 Å². The molecule has 1 atom stereocenters. The Morgan fingerprint density at radius 2 is 2.04 bits per heavy atom. The first-order valence-electron chi connectivity index (χ1n) is 8.38. The molecule has 25 heavy (non-hydrogen) atoms. The van der Waals surface area contributed by atoms with Crippen molar-refractivity contribution in [3.63, 3.8) is 0 Å². The molecule has 0 bridgehead atoms. The highest BCUT2D eigenvalue weighted by Crippen LogP contribution is 2.35. The molecule has 2 aromatic rings. The van der Waals surface area contributed by atoms with Gasteiger partial charge in [0, 0.05) is 5.56 Å². The Bertz CT molecular complexity index is 747. The molecular formula is C19H21BO5. The van der Waals surface area contributed by atoms with Crippen molar-refractivity contribution in [2.24, 2.45) is 0 Å². The second-order valence-corrected chi connectivity index (χ2v) is 6.03. The fraction of sp³-hybridized carbons (Fsp3) is 0.316. The Kier molecular flexibility index (Phi) is 5.41. The molecular weight excluding hydrogens is 319 g/mol. The van der Waals surface area contributed by atoms with Crippen molar-refractivity contribution < 1.29 is 23.9 Å². The van der Waals surface area contributed by atoms with E-state index in [1.54, 1.807) is 6.92 Å². The molecule has 5 nitrogen and oxygen atoms in total. The Morgan fingerprint density at radius 1 is 1.28 bits per heavy atom. The summed E-state index contributed by atoms with van der Waals surface area (Å²) in [7, 11) is -1.06. The zero-order chi connectivity index (χ0) is 17.8. The maximum Gasteiger partial charge on any atom is 0.492 e. The van der Waals surface area contributed by atoms with Gasteiger partial charge in [0.05, 0.1) is 19.1 Å². The van der Waals surface area contributed by atoms with E-state index in [4.69, 9.17) is 14.1 Å². The standard InChI is InChI=1S/C19H21BO5/c1-3-23-18(21)11-17-19-15(20(22)25-17)9-13(2)10-16(19)24-12-14-7-5-4-6-8-14/h4-10,17,22H,3,11-12H2,1-2H3. The highest BCUT2D eigenvalue weighted by molar-refractivity contribution is 6.62. The van der Waals surface area contributed by atoms with Gasteiger partial charge in [-0.1, -0.05) is 36.4 Å². The van der Waals surface area contributed by atoms with Crippen LogP contribution in [0.3, 0.4) is 0 Å². The van der Waals surface area contributed by atoms with Gasteiger partial charge < -0.3 is 19.2 Å². The second kappa shape index (κ2) is 7.72. The third kappa shape index (κ3) is 4.03. The molecule has 0 spiro atoms. The lowest BCUT2D eigenvalue weighted by molar-refractivity contribution is -0.145. The van der Waals surface area contributed by atoms with E-state index in [1.165, 1.54) is 0 Å². The lowest BCUT2D eigenvalue weighted by atomic mass is 9.78. The van der Waals surface area contributed by atoms with Gasteiger partial charge in [-0.3, -0.25) is 4.79 Å². The van der Waals surface area contributed by atoms with Crippen LogP contribution >= 0.6 is 0 Å². The number of carbonyl (C=O) groups is 1. The molecule has 0 amide bonds. The minimum absolute atomic E-state index is 0.0443. The fourth-order valence-corrected chi connectivity index (χ4v) is 3.01. The lowest BCUT2D eigenvalue weighted by Gasteiger charge is -2.16. The van der Waals surface area contributed by atoms with E-state index in [-0.39, 0.29) is 12.4 Å². The first-order valence-corrected chi connectivity index (χ1v) is 8.38. The summed E-state index contributed by atoms with van der Waals surface area (Å²) >= 11 is 0. The van der Waals surface area contributed by atoms with E-state index >= 15 is 0 Å². The Morgan fingerprint density at radius 3 is 2.76 bits per heavy atom. The Labute approximate surface area is 147 Å². The Hall–Kier alpha value is -2.31. The maximum atomic E-state index is 11.8. The molecule has 0 aromatic heterocycles. The molecule has 1 heterocycles. The van der Waals surface area contributed by atoms with Gasteiger partial charge >= 0.3 is 13.1 Å². The first kappa shape index (κ1) is 17.5. The van der Waals surface area contributed by atoms with Crippen LogP contribution in [0.1, 0.15) is 36.1 Å². The first-order chi connectivity index (χ1) is 12.1. The molecule has 0 fully saturated rings. The summed E-state index contributed by atoms with van der Waals surface area (Å²) < 4.78 is 16.6. The number of rotatable bonds is 6. The maximum absolute atomic E-state index is 11.8. The molecule has 1 unspecified atom stereocenters. The minimum Gasteiger partial charge on any atom is -0.489 e. The van der Waals surface area contributed by atoms with Crippen molar-refractivity contribution in [1.29, 1.82) is 0 Å². The molecule has 1 N–H and O–H groups in total. The average Bonchev–Trinajstić information content (AvgIpc) is 2.89. The Balaban J connectivity index is 1.86. The highest BCUT2D eigenvalue weighted by atomic mass is 16.5. The van der Waals surface area contributed by atoms with Crippen LogP contribution in [0.4, 0.5) is 0 Å². The van der Waals surface area contributed by atoms with E-state index in [1.807, 2.05) is 49.4 Å². The molecule has 0 aliphatic carbocycles. The average molecular weight is 340 g/mol. The van der Waals surface area contributed by atoms with Crippen molar-refractivity contribution in [2.45, 2.75) is 33.0 Å². The summed E-state index contributed by atoms with van der Waals surface area (Å²) in [6, 6.07) is 13.6. The number of ether oxygens (including phenoxy) is 2. The summed E-state index contributed by atoms with van der Waals surface area (Å²) in [4.78, 5) is 11.8. The fourth-order valence-electron chi connectivity index (χ4n) is 3.01. The van der Waals surface area contributed by atoms with Gasteiger partial charge in [-0.2, -0.15) is 0 Å². The van der Waals surface area contributed by atoms with E-state index in [2.05, 4.69) is 0 Å². The van der Waals surface area contributed by atoms with Gasteiger partial charge in [0.2, 0.25) is 0 Å². The van der Waals surface area contributed by atoms with Gasteiger partial charge in [0.25, 0.3) is 0 Å². The van der Waals surface area contributed by atoms with Crippen LogP contribution in [0.25, 0.3) is 0 Å². The summed E-state index contributed by atoms with van der Waals surface area (Å²) in [5.74, 6) is 0.270. The van der Waals surface area contributed by atoms with Crippen LogP contribution in [0.5, 0.6) is 5.75 Å². The summed E-state index contributed by atoms with van der Waals surface area (Å²) in [5.41, 5.74) is 3.37. The van der Waals surface area contributed by atoms with Crippen LogP contribution in [0.15, 0.2) is 42.5 Å². The van der Waals surface area contributed by atoms with Crippen LogP contribution in [0.2, 0.25) is 0 Å². The van der Waals surface area contributed by atoms with Crippen molar-refractivity contribution in [1.82, 2.24) is 0 Å². The molecule has 1 aliphatic heterocycles.